The Morgan fingerprint density at radius 1 is 1.29 bits per heavy atom. The molecular formula is C13H28N2O2. The van der Waals surface area contributed by atoms with Crippen molar-refractivity contribution in [1.29, 1.82) is 0 Å². The molecule has 1 aliphatic heterocycles. The maximum absolute atomic E-state index is 6.09. The van der Waals surface area contributed by atoms with Crippen LogP contribution in [0.3, 0.4) is 0 Å². The maximum atomic E-state index is 6.09. The van der Waals surface area contributed by atoms with E-state index in [1.807, 2.05) is 0 Å². The first kappa shape index (κ1) is 14.9. The van der Waals surface area contributed by atoms with Gasteiger partial charge in [0, 0.05) is 39.5 Å². The fourth-order valence-electron chi connectivity index (χ4n) is 2.36. The van der Waals surface area contributed by atoms with Gasteiger partial charge in [-0.3, -0.25) is 0 Å². The second-order valence-electron chi connectivity index (χ2n) is 4.88. The van der Waals surface area contributed by atoms with Gasteiger partial charge in [0.15, 0.2) is 0 Å². The molecule has 0 aromatic carbocycles. The average molecular weight is 244 g/mol. The van der Waals surface area contributed by atoms with Crippen LogP contribution in [0, 0.1) is 5.92 Å². The van der Waals surface area contributed by atoms with E-state index < -0.39 is 0 Å². The van der Waals surface area contributed by atoms with Crippen molar-refractivity contribution in [1.82, 2.24) is 4.90 Å². The number of hydrogen-bond acceptors (Lipinski definition) is 4. The molecule has 1 heterocycles. The van der Waals surface area contributed by atoms with E-state index in [4.69, 9.17) is 15.2 Å². The highest BCUT2D eigenvalue weighted by Gasteiger charge is 2.24. The highest BCUT2D eigenvalue weighted by atomic mass is 16.5. The summed E-state index contributed by atoms with van der Waals surface area (Å²) in [6, 6.07) is 0.402. The summed E-state index contributed by atoms with van der Waals surface area (Å²) in [7, 11) is 1.72. The molecule has 1 saturated heterocycles. The molecule has 0 aromatic heterocycles. The molecule has 2 unspecified atom stereocenters. The zero-order valence-electron chi connectivity index (χ0n) is 11.4. The van der Waals surface area contributed by atoms with Crippen LogP contribution < -0.4 is 5.73 Å². The van der Waals surface area contributed by atoms with Crippen molar-refractivity contribution in [3.8, 4) is 0 Å². The number of rotatable bonds is 8. The highest BCUT2D eigenvalue weighted by Crippen LogP contribution is 2.17. The van der Waals surface area contributed by atoms with Crippen molar-refractivity contribution in [2.75, 3.05) is 46.6 Å². The summed E-state index contributed by atoms with van der Waals surface area (Å²) < 4.78 is 10.6. The van der Waals surface area contributed by atoms with E-state index in [-0.39, 0.29) is 0 Å². The lowest BCUT2D eigenvalue weighted by molar-refractivity contribution is 0.0671. The minimum Gasteiger partial charge on any atom is -0.385 e. The topological polar surface area (TPSA) is 47.7 Å². The molecule has 1 fully saturated rings. The zero-order chi connectivity index (χ0) is 12.5. The predicted octanol–water partition coefficient (Wildman–Crippen LogP) is 1.10. The van der Waals surface area contributed by atoms with Gasteiger partial charge in [-0.2, -0.15) is 0 Å². The molecule has 17 heavy (non-hydrogen) atoms. The molecule has 1 rings (SSSR count). The monoisotopic (exact) mass is 244 g/mol. The number of nitrogens with zero attached hydrogens (tertiary/aromatic N) is 1. The van der Waals surface area contributed by atoms with Gasteiger partial charge in [0.05, 0.1) is 6.61 Å². The van der Waals surface area contributed by atoms with E-state index in [9.17, 15) is 0 Å². The molecule has 0 aliphatic carbocycles. The molecule has 0 saturated carbocycles. The molecule has 0 radical (unpaired) electrons. The number of hydrogen-bond donors (Lipinski definition) is 1. The van der Waals surface area contributed by atoms with Gasteiger partial charge in [0.1, 0.15) is 0 Å². The number of methoxy groups -OCH3 is 1. The van der Waals surface area contributed by atoms with Crippen molar-refractivity contribution in [3.63, 3.8) is 0 Å². The summed E-state index contributed by atoms with van der Waals surface area (Å²) in [6.45, 7) is 7.95. The lowest BCUT2D eigenvalue weighted by Crippen LogP contribution is -2.47. The molecule has 102 valence electrons. The third-order valence-electron chi connectivity index (χ3n) is 3.59. The first-order chi connectivity index (χ1) is 8.27. The number of ether oxygens (including phenoxy) is 2. The second-order valence-corrected chi connectivity index (χ2v) is 4.88. The lowest BCUT2D eigenvalue weighted by Gasteiger charge is -2.36. The van der Waals surface area contributed by atoms with Gasteiger partial charge in [-0.15, -0.1) is 0 Å². The van der Waals surface area contributed by atoms with Crippen molar-refractivity contribution in [2.24, 2.45) is 11.7 Å². The highest BCUT2D eigenvalue weighted by molar-refractivity contribution is 4.81. The van der Waals surface area contributed by atoms with Crippen LogP contribution in [0.5, 0.6) is 0 Å². The third-order valence-corrected chi connectivity index (χ3v) is 3.59. The van der Waals surface area contributed by atoms with Gasteiger partial charge in [0.25, 0.3) is 0 Å². The molecule has 1 aliphatic rings. The van der Waals surface area contributed by atoms with Crippen molar-refractivity contribution >= 4 is 0 Å². The smallest absolute Gasteiger partial charge is 0.0593 e. The molecule has 0 spiro atoms. The Morgan fingerprint density at radius 3 is 2.82 bits per heavy atom. The maximum Gasteiger partial charge on any atom is 0.0593 e. The molecule has 2 atom stereocenters. The van der Waals surface area contributed by atoms with Crippen LogP contribution in [0.4, 0.5) is 0 Å². The molecule has 4 heteroatoms. The molecular weight excluding hydrogens is 216 g/mol. The Labute approximate surface area is 105 Å². The van der Waals surface area contributed by atoms with Crippen LogP contribution in [-0.2, 0) is 9.47 Å². The fourth-order valence-corrected chi connectivity index (χ4v) is 2.36. The Kier molecular flexibility index (Phi) is 7.77. The van der Waals surface area contributed by atoms with E-state index in [0.29, 0.717) is 12.0 Å². The summed E-state index contributed by atoms with van der Waals surface area (Å²) >= 11 is 0. The van der Waals surface area contributed by atoms with Crippen LogP contribution >= 0.6 is 0 Å². The van der Waals surface area contributed by atoms with E-state index in [1.54, 1.807) is 7.11 Å². The van der Waals surface area contributed by atoms with E-state index >= 15 is 0 Å². The zero-order valence-corrected chi connectivity index (χ0v) is 11.4. The van der Waals surface area contributed by atoms with Gasteiger partial charge in [-0.1, -0.05) is 13.3 Å². The summed E-state index contributed by atoms with van der Waals surface area (Å²) in [5.41, 5.74) is 6.09. The second kappa shape index (κ2) is 8.86. The SMILES string of the molecule is CCC1CN(CCOCCCOC)CCC1N. The average Bonchev–Trinajstić information content (AvgIpc) is 2.35. The van der Waals surface area contributed by atoms with Crippen LogP contribution in [0.2, 0.25) is 0 Å². The molecule has 2 N–H and O–H groups in total. The van der Waals surface area contributed by atoms with Gasteiger partial charge < -0.3 is 20.1 Å². The Balaban J connectivity index is 2.03. The van der Waals surface area contributed by atoms with E-state index in [2.05, 4.69) is 11.8 Å². The van der Waals surface area contributed by atoms with Gasteiger partial charge >= 0.3 is 0 Å². The third kappa shape index (κ3) is 5.82. The lowest BCUT2D eigenvalue weighted by atomic mass is 9.91. The predicted molar refractivity (Wildman–Crippen MR) is 70.1 cm³/mol. The first-order valence-electron chi connectivity index (χ1n) is 6.82. The van der Waals surface area contributed by atoms with Crippen LogP contribution in [-0.4, -0.2) is 57.5 Å². The summed E-state index contributed by atoms with van der Waals surface area (Å²) in [6.07, 6.45) is 3.30. The number of nitrogens with two attached hydrogens (primary N) is 1. The minimum absolute atomic E-state index is 0.402. The molecule has 0 aromatic rings. The van der Waals surface area contributed by atoms with Crippen LogP contribution in [0.1, 0.15) is 26.2 Å². The van der Waals surface area contributed by atoms with Crippen molar-refractivity contribution < 1.29 is 9.47 Å². The minimum atomic E-state index is 0.402. The van der Waals surface area contributed by atoms with Gasteiger partial charge in [-0.25, -0.2) is 0 Å². The Morgan fingerprint density at radius 2 is 2.12 bits per heavy atom. The van der Waals surface area contributed by atoms with E-state index in [1.165, 1.54) is 6.42 Å². The molecule has 0 amide bonds. The van der Waals surface area contributed by atoms with E-state index in [0.717, 1.165) is 52.3 Å². The fraction of sp³-hybridized carbons (Fsp3) is 1.00. The number of piperidine rings is 1. The normalized spacial score (nSPS) is 26.3. The molecule has 0 bridgehead atoms. The van der Waals surface area contributed by atoms with Crippen molar-refractivity contribution in [3.05, 3.63) is 0 Å². The summed E-state index contributed by atoms with van der Waals surface area (Å²) in [5.74, 6) is 0.664. The molecule has 4 nitrogen and oxygen atoms in total. The van der Waals surface area contributed by atoms with Gasteiger partial charge in [-0.05, 0) is 25.3 Å². The Bertz CT molecular complexity index is 190. The van der Waals surface area contributed by atoms with Crippen LogP contribution in [0.25, 0.3) is 0 Å². The first-order valence-corrected chi connectivity index (χ1v) is 6.82. The quantitative estimate of drug-likeness (QED) is 0.650. The Hall–Kier alpha value is -0.160. The van der Waals surface area contributed by atoms with Gasteiger partial charge in [0.2, 0.25) is 0 Å². The van der Waals surface area contributed by atoms with Crippen molar-refractivity contribution in [2.45, 2.75) is 32.2 Å². The number of likely N-dealkylation sites (tertiary alicyclic amines) is 1. The largest absolute Gasteiger partial charge is 0.385 e. The summed E-state index contributed by atoms with van der Waals surface area (Å²) in [4.78, 5) is 2.48. The van der Waals surface area contributed by atoms with Crippen LogP contribution in [0.15, 0.2) is 0 Å². The summed E-state index contributed by atoms with van der Waals surface area (Å²) in [5, 5.41) is 0. The standard InChI is InChI=1S/C13H28N2O2/c1-3-12-11-15(6-5-13(12)14)7-10-17-9-4-8-16-2/h12-13H,3-11,14H2,1-2H3.